The summed E-state index contributed by atoms with van der Waals surface area (Å²) < 4.78 is 45.4. The Morgan fingerprint density at radius 1 is 1.03 bits per heavy atom. The molecule has 0 spiro atoms. The highest BCUT2D eigenvalue weighted by Gasteiger charge is 2.36. The molecular weight excluding hydrogens is 441 g/mol. The number of nitrogens with zero attached hydrogens (tertiary/aromatic N) is 3. The highest BCUT2D eigenvalue weighted by atomic mass is 35.5. The van der Waals surface area contributed by atoms with Crippen molar-refractivity contribution < 1.29 is 17.9 Å². The highest BCUT2D eigenvalue weighted by Crippen LogP contribution is 2.36. The van der Waals surface area contributed by atoms with E-state index in [1.165, 1.54) is 6.07 Å². The van der Waals surface area contributed by atoms with E-state index in [1.807, 2.05) is 0 Å². The van der Waals surface area contributed by atoms with Gasteiger partial charge < -0.3 is 10.1 Å². The Balaban J connectivity index is 1.63. The Kier molecular flexibility index (Phi) is 5.93. The van der Waals surface area contributed by atoms with E-state index in [4.69, 9.17) is 22.9 Å². The molecule has 4 rings (SSSR count). The molecule has 0 radical (unpaired) electrons. The SMILES string of the molecule is [C-]#[N+]/N=C1\NC[C@@H](c2cccc(C(F)(F)F)c2)N1c1ccc(Oc2ccc(Cl)cc2)cc1. The molecule has 0 bridgehead atoms. The predicted molar refractivity (Wildman–Crippen MR) is 117 cm³/mol. The predicted octanol–water partition coefficient (Wildman–Crippen LogP) is 6.49. The van der Waals surface area contributed by atoms with Crippen molar-refractivity contribution in [1.29, 1.82) is 0 Å². The average molecular weight is 457 g/mol. The third-order valence-electron chi connectivity index (χ3n) is 4.90. The summed E-state index contributed by atoms with van der Waals surface area (Å²) in [6, 6.07) is 18.6. The van der Waals surface area contributed by atoms with Crippen molar-refractivity contribution in [2.24, 2.45) is 5.10 Å². The molecule has 1 aliphatic rings. The molecular formula is C23H16ClF3N4O. The summed E-state index contributed by atoms with van der Waals surface area (Å²) in [5, 5.41) is 7.39. The fraction of sp³-hybridized carbons (Fsp3) is 0.130. The van der Waals surface area contributed by atoms with Crippen LogP contribution < -0.4 is 15.0 Å². The lowest BCUT2D eigenvalue weighted by molar-refractivity contribution is -0.137. The van der Waals surface area contributed by atoms with Crippen molar-refractivity contribution in [1.82, 2.24) is 5.32 Å². The van der Waals surface area contributed by atoms with Gasteiger partial charge in [-0.15, -0.1) is 4.95 Å². The maximum absolute atomic E-state index is 13.2. The van der Waals surface area contributed by atoms with Crippen LogP contribution in [0.25, 0.3) is 4.95 Å². The summed E-state index contributed by atoms with van der Waals surface area (Å²) >= 11 is 5.88. The van der Waals surface area contributed by atoms with Gasteiger partial charge >= 0.3 is 6.18 Å². The van der Waals surface area contributed by atoms with E-state index >= 15 is 0 Å². The van der Waals surface area contributed by atoms with Crippen LogP contribution in [0.1, 0.15) is 17.2 Å². The van der Waals surface area contributed by atoms with Crippen molar-refractivity contribution in [3.05, 3.63) is 100 Å². The van der Waals surface area contributed by atoms with Crippen molar-refractivity contribution >= 4 is 23.2 Å². The van der Waals surface area contributed by atoms with Gasteiger partial charge in [-0.1, -0.05) is 23.7 Å². The average Bonchev–Trinajstić information content (AvgIpc) is 3.19. The van der Waals surface area contributed by atoms with Gasteiger partial charge in [0.2, 0.25) is 0 Å². The summed E-state index contributed by atoms with van der Waals surface area (Å²) in [7, 11) is 0. The summed E-state index contributed by atoms with van der Waals surface area (Å²) in [5.41, 5.74) is 0.393. The smallest absolute Gasteiger partial charge is 0.416 e. The Hall–Kier alpha value is -3.70. The second-order valence-corrected chi connectivity index (χ2v) is 7.40. The first-order valence-corrected chi connectivity index (χ1v) is 9.91. The summed E-state index contributed by atoms with van der Waals surface area (Å²) in [4.78, 5) is 4.79. The Morgan fingerprint density at radius 3 is 2.31 bits per heavy atom. The number of halogens is 4. The molecule has 162 valence electrons. The van der Waals surface area contributed by atoms with Crippen LogP contribution in [0.4, 0.5) is 18.9 Å². The van der Waals surface area contributed by atoms with Gasteiger partial charge in [0.15, 0.2) is 0 Å². The number of hydrogen-bond acceptors (Lipinski definition) is 2. The summed E-state index contributed by atoms with van der Waals surface area (Å²) in [6.45, 7) is 7.38. The largest absolute Gasteiger partial charge is 0.457 e. The monoisotopic (exact) mass is 456 g/mol. The number of benzene rings is 3. The van der Waals surface area contributed by atoms with Gasteiger partial charge in [0.25, 0.3) is 5.96 Å². The van der Waals surface area contributed by atoms with E-state index in [2.05, 4.69) is 15.4 Å². The van der Waals surface area contributed by atoms with Crippen LogP contribution in [-0.4, -0.2) is 12.5 Å². The zero-order valence-electron chi connectivity index (χ0n) is 16.5. The molecule has 5 nitrogen and oxygen atoms in total. The number of alkyl halides is 3. The van der Waals surface area contributed by atoms with Crippen LogP contribution >= 0.6 is 11.6 Å². The second-order valence-electron chi connectivity index (χ2n) is 6.96. The van der Waals surface area contributed by atoms with Gasteiger partial charge in [-0.2, -0.15) is 19.7 Å². The molecule has 1 heterocycles. The van der Waals surface area contributed by atoms with Gasteiger partial charge in [-0.05, 0) is 66.2 Å². The van der Waals surface area contributed by atoms with Crippen molar-refractivity contribution in [2.75, 3.05) is 11.4 Å². The molecule has 1 aliphatic heterocycles. The molecule has 1 N–H and O–H groups in total. The van der Waals surface area contributed by atoms with Crippen molar-refractivity contribution in [2.45, 2.75) is 12.2 Å². The van der Waals surface area contributed by atoms with E-state index in [-0.39, 0.29) is 5.96 Å². The second kappa shape index (κ2) is 8.81. The van der Waals surface area contributed by atoms with Crippen LogP contribution in [0.15, 0.2) is 77.9 Å². The number of rotatable bonds is 4. The molecule has 3 aromatic rings. The maximum atomic E-state index is 13.2. The Bertz CT molecular complexity index is 1170. The van der Waals surface area contributed by atoms with Crippen molar-refractivity contribution in [3.63, 3.8) is 0 Å². The lowest BCUT2D eigenvalue weighted by atomic mass is 10.0. The number of hydrogen-bond donors (Lipinski definition) is 1. The van der Waals surface area contributed by atoms with Gasteiger partial charge in [0.1, 0.15) is 16.6 Å². The first-order valence-electron chi connectivity index (χ1n) is 9.53. The topological polar surface area (TPSA) is 41.2 Å². The highest BCUT2D eigenvalue weighted by molar-refractivity contribution is 6.30. The number of ether oxygens (including phenoxy) is 1. The normalized spacial score (nSPS) is 17.2. The quantitative estimate of drug-likeness (QED) is 0.360. The maximum Gasteiger partial charge on any atom is 0.416 e. The molecule has 0 unspecified atom stereocenters. The van der Waals surface area contributed by atoms with E-state index in [9.17, 15) is 13.2 Å². The molecule has 0 aromatic heterocycles. The molecule has 1 fully saturated rings. The first-order chi connectivity index (χ1) is 15.3. The lowest BCUT2D eigenvalue weighted by Gasteiger charge is -2.25. The van der Waals surface area contributed by atoms with Crippen LogP contribution in [0, 0.1) is 6.57 Å². The van der Waals surface area contributed by atoms with Gasteiger partial charge in [-0.25, -0.2) is 0 Å². The molecule has 9 heteroatoms. The lowest BCUT2D eigenvalue weighted by Crippen LogP contribution is -2.31. The van der Waals surface area contributed by atoms with Crippen LogP contribution in [0.2, 0.25) is 5.02 Å². The Morgan fingerprint density at radius 2 is 1.69 bits per heavy atom. The minimum atomic E-state index is -4.44. The molecule has 32 heavy (non-hydrogen) atoms. The van der Waals surface area contributed by atoms with E-state index < -0.39 is 17.8 Å². The Labute approximate surface area is 187 Å². The zero-order chi connectivity index (χ0) is 22.7. The molecule has 1 atom stereocenters. The molecule has 3 aromatic carbocycles. The standard InChI is InChI=1S/C23H16ClF3N4O/c1-28-30-22-29-14-21(15-3-2-4-16(13-15)23(25,26)27)31(22)18-7-11-20(12-8-18)32-19-9-5-17(24)6-10-19/h2-13,21H,14H2,(H,29,30)/t21-/m0/s1. The van der Waals surface area contributed by atoms with Crippen LogP contribution in [0.5, 0.6) is 11.5 Å². The van der Waals surface area contributed by atoms with Crippen LogP contribution in [-0.2, 0) is 6.18 Å². The molecule has 0 aliphatic carbocycles. The summed E-state index contributed by atoms with van der Waals surface area (Å²) in [5.74, 6) is 1.46. The molecule has 0 saturated carbocycles. The number of nitrogens with one attached hydrogen (secondary N) is 1. The third kappa shape index (κ3) is 4.63. The number of guanidine groups is 1. The zero-order valence-corrected chi connectivity index (χ0v) is 17.2. The van der Waals surface area contributed by atoms with E-state index in [0.717, 1.165) is 12.1 Å². The minimum Gasteiger partial charge on any atom is -0.457 e. The molecule has 0 amide bonds. The van der Waals surface area contributed by atoms with Crippen LogP contribution in [0.3, 0.4) is 0 Å². The van der Waals surface area contributed by atoms with E-state index in [0.29, 0.717) is 34.3 Å². The van der Waals surface area contributed by atoms with E-state index in [1.54, 1.807) is 59.5 Å². The first kappa shape index (κ1) is 21.5. The van der Waals surface area contributed by atoms with Gasteiger partial charge in [0.05, 0.1) is 11.6 Å². The fourth-order valence-corrected chi connectivity index (χ4v) is 3.57. The summed E-state index contributed by atoms with van der Waals surface area (Å²) in [6.07, 6.45) is -4.44. The fourth-order valence-electron chi connectivity index (χ4n) is 3.45. The molecule has 1 saturated heterocycles. The van der Waals surface area contributed by atoms with Gasteiger partial charge in [-0.3, -0.25) is 4.90 Å². The van der Waals surface area contributed by atoms with Gasteiger partial charge in [0, 0.05) is 17.3 Å². The minimum absolute atomic E-state index is 0.272. The van der Waals surface area contributed by atoms with Crippen molar-refractivity contribution in [3.8, 4) is 11.5 Å². The number of anilines is 1. The third-order valence-corrected chi connectivity index (χ3v) is 5.15.